The van der Waals surface area contributed by atoms with Gasteiger partial charge in [-0.3, -0.25) is 9.78 Å². The molecule has 39 heavy (non-hydrogen) atoms. The molecule has 0 saturated carbocycles. The zero-order valence-corrected chi connectivity index (χ0v) is 22.0. The van der Waals surface area contributed by atoms with Crippen molar-refractivity contribution in [3.63, 3.8) is 0 Å². The number of aromatic amines is 1. The van der Waals surface area contributed by atoms with E-state index < -0.39 is 6.09 Å². The van der Waals surface area contributed by atoms with Crippen LogP contribution in [0.2, 0.25) is 0 Å². The minimum Gasteiger partial charge on any atom is -0.453 e. The van der Waals surface area contributed by atoms with Gasteiger partial charge in [0.1, 0.15) is 12.4 Å². The summed E-state index contributed by atoms with van der Waals surface area (Å²) in [6.07, 6.45) is 5.16. The van der Waals surface area contributed by atoms with Crippen molar-refractivity contribution in [1.82, 2.24) is 25.2 Å². The monoisotopic (exact) mass is 524 g/mol. The van der Waals surface area contributed by atoms with Crippen molar-refractivity contribution in [1.29, 1.82) is 0 Å². The Morgan fingerprint density at radius 2 is 1.85 bits per heavy atom. The van der Waals surface area contributed by atoms with E-state index in [1.165, 1.54) is 18.4 Å². The predicted octanol–water partition coefficient (Wildman–Crippen LogP) is 4.99. The Bertz CT molecular complexity index is 1470. The Morgan fingerprint density at radius 3 is 2.64 bits per heavy atom. The molecule has 2 atom stereocenters. The number of carbonyl (C=O) groups is 2. The lowest BCUT2D eigenvalue weighted by Gasteiger charge is -2.27. The highest BCUT2D eigenvalue weighted by Gasteiger charge is 2.32. The maximum atomic E-state index is 12.8. The molecular weight excluding hydrogens is 492 g/mol. The molecule has 4 aromatic rings. The average Bonchev–Trinajstić information content (AvgIpc) is 3.75. The van der Waals surface area contributed by atoms with Crippen molar-refractivity contribution in [3.8, 4) is 11.3 Å². The molecule has 2 aliphatic heterocycles. The van der Waals surface area contributed by atoms with Gasteiger partial charge in [-0.05, 0) is 67.6 Å². The highest BCUT2D eigenvalue weighted by Crippen LogP contribution is 2.38. The molecule has 2 aromatic heterocycles. The number of aromatic nitrogens is 3. The van der Waals surface area contributed by atoms with Gasteiger partial charge in [-0.25, -0.2) is 9.78 Å². The number of fused-ring (bicyclic) bond motifs is 1. The first-order valence-electron chi connectivity index (χ1n) is 13.5. The molecule has 0 radical (unpaired) electrons. The summed E-state index contributed by atoms with van der Waals surface area (Å²) in [5, 5.41) is 2.48. The van der Waals surface area contributed by atoms with E-state index in [-0.39, 0.29) is 24.5 Å². The molecule has 6 rings (SSSR count). The largest absolute Gasteiger partial charge is 0.453 e. The van der Waals surface area contributed by atoms with Gasteiger partial charge in [-0.2, -0.15) is 0 Å². The Kier molecular flexibility index (Phi) is 6.87. The first-order valence-corrected chi connectivity index (χ1v) is 13.5. The van der Waals surface area contributed by atoms with Crippen LogP contribution in [0.15, 0.2) is 66.9 Å². The van der Waals surface area contributed by atoms with Gasteiger partial charge in [0.2, 0.25) is 5.91 Å². The number of H-pyrrole nitrogens is 1. The molecule has 4 heterocycles. The van der Waals surface area contributed by atoms with E-state index in [1.54, 1.807) is 4.90 Å². The number of methoxy groups -OCH3 is 1. The van der Waals surface area contributed by atoms with Crippen LogP contribution in [0.5, 0.6) is 0 Å². The quantitative estimate of drug-likeness (QED) is 0.369. The van der Waals surface area contributed by atoms with Crippen LogP contribution in [0.1, 0.15) is 49.2 Å². The van der Waals surface area contributed by atoms with Crippen LogP contribution < -0.4 is 10.2 Å². The minimum absolute atomic E-state index is 0.0894. The third-order valence-electron chi connectivity index (χ3n) is 7.78. The summed E-state index contributed by atoms with van der Waals surface area (Å²) in [5.41, 5.74) is 6.41. The van der Waals surface area contributed by atoms with Gasteiger partial charge in [0, 0.05) is 30.5 Å². The zero-order chi connectivity index (χ0) is 26.8. The number of carbonyl (C=O) groups excluding carboxylic acids is 2. The van der Waals surface area contributed by atoms with Crippen molar-refractivity contribution in [2.24, 2.45) is 0 Å². The number of imidazole rings is 1. The Balaban J connectivity index is 1.20. The van der Waals surface area contributed by atoms with Crippen LogP contribution in [0.3, 0.4) is 0 Å². The maximum Gasteiger partial charge on any atom is 0.407 e. The van der Waals surface area contributed by atoms with Gasteiger partial charge in [0.05, 0.1) is 35.9 Å². The van der Waals surface area contributed by atoms with Gasteiger partial charge in [-0.15, -0.1) is 0 Å². The second-order valence-electron chi connectivity index (χ2n) is 10.1. The highest BCUT2D eigenvalue weighted by molar-refractivity contribution is 5.83. The number of nitrogens with zero attached hydrogens (tertiary/aromatic N) is 4. The van der Waals surface area contributed by atoms with Crippen molar-refractivity contribution in [2.45, 2.75) is 37.8 Å². The lowest BCUT2D eigenvalue weighted by atomic mass is 10.0. The minimum atomic E-state index is -0.611. The number of anilines is 1. The summed E-state index contributed by atoms with van der Waals surface area (Å²) < 4.78 is 4.58. The van der Waals surface area contributed by atoms with E-state index in [9.17, 15) is 9.59 Å². The van der Waals surface area contributed by atoms with Gasteiger partial charge >= 0.3 is 6.09 Å². The first-order chi connectivity index (χ1) is 19.1. The molecular formula is C30H32N6O3. The summed E-state index contributed by atoms with van der Waals surface area (Å²) in [6.45, 7) is 1.56. The Hall–Kier alpha value is -4.40. The zero-order valence-electron chi connectivity index (χ0n) is 22.0. The van der Waals surface area contributed by atoms with E-state index in [1.807, 2.05) is 24.4 Å². The van der Waals surface area contributed by atoms with E-state index in [4.69, 9.17) is 4.98 Å². The van der Waals surface area contributed by atoms with Gasteiger partial charge < -0.3 is 24.8 Å². The third kappa shape index (κ3) is 5.04. The van der Waals surface area contributed by atoms with Gasteiger partial charge in [0.15, 0.2) is 0 Å². The number of hydrogen-bond acceptors (Lipinski definition) is 6. The van der Waals surface area contributed by atoms with Crippen molar-refractivity contribution >= 4 is 28.7 Å². The van der Waals surface area contributed by atoms with Crippen molar-refractivity contribution in [2.75, 3.05) is 31.6 Å². The molecule has 2 saturated heterocycles. The van der Waals surface area contributed by atoms with Crippen LogP contribution in [0.25, 0.3) is 22.3 Å². The maximum absolute atomic E-state index is 12.8. The number of amides is 2. The first kappa shape index (κ1) is 24.9. The molecule has 0 unspecified atom stereocenters. The highest BCUT2D eigenvalue weighted by atomic mass is 16.5. The average molecular weight is 525 g/mol. The normalized spacial score (nSPS) is 19.0. The molecule has 2 aromatic carbocycles. The molecule has 200 valence electrons. The second-order valence-corrected chi connectivity index (χ2v) is 10.1. The van der Waals surface area contributed by atoms with Gasteiger partial charge in [-0.1, -0.05) is 24.3 Å². The molecule has 9 nitrogen and oxygen atoms in total. The Labute approximate surface area is 227 Å². The molecule has 2 fully saturated rings. The topological polar surface area (TPSA) is 103 Å². The summed E-state index contributed by atoms with van der Waals surface area (Å²) >= 11 is 0. The molecule has 0 spiro atoms. The van der Waals surface area contributed by atoms with Crippen LogP contribution in [0.4, 0.5) is 10.5 Å². The number of ether oxygens (including phenoxy) is 1. The SMILES string of the molecule is COC(=O)NCC(=O)N1CCC[C@H]1c1nc2cc([C@H]3CCCN3c3ccc(-c4ccccn4)cc3)ccc2[nH]1. The van der Waals surface area contributed by atoms with Crippen LogP contribution in [0, 0.1) is 0 Å². The summed E-state index contributed by atoms with van der Waals surface area (Å²) in [6, 6.07) is 21.3. The van der Waals surface area contributed by atoms with Crippen LogP contribution in [-0.4, -0.2) is 58.6 Å². The fraction of sp³-hybridized carbons (Fsp3) is 0.333. The molecule has 0 aliphatic carbocycles. The number of rotatable bonds is 6. The standard InChI is InChI=1S/C30H32N6O3/c1-39-30(38)32-19-28(37)36-17-5-8-27(36)29-33-24-14-11-21(18-25(24)34-29)26-7-4-16-35(26)22-12-9-20(10-13-22)23-6-2-3-15-31-23/h2-3,6,9-15,18,26-27H,4-5,7-8,16-17,19H2,1H3,(H,32,38)(H,33,34)/t26-,27+/m1/s1. The fourth-order valence-electron chi connectivity index (χ4n) is 5.86. The molecule has 2 N–H and O–H groups in total. The molecule has 9 heteroatoms. The number of benzene rings is 2. The predicted molar refractivity (Wildman–Crippen MR) is 149 cm³/mol. The number of alkyl carbamates (subject to hydrolysis) is 1. The van der Waals surface area contributed by atoms with Crippen LogP contribution in [-0.2, 0) is 9.53 Å². The van der Waals surface area contributed by atoms with Gasteiger partial charge in [0.25, 0.3) is 0 Å². The molecule has 2 aliphatic rings. The van der Waals surface area contributed by atoms with E-state index in [0.29, 0.717) is 6.54 Å². The summed E-state index contributed by atoms with van der Waals surface area (Å²) in [7, 11) is 1.28. The van der Waals surface area contributed by atoms with E-state index in [0.717, 1.165) is 60.3 Å². The summed E-state index contributed by atoms with van der Waals surface area (Å²) in [4.78, 5) is 41.3. The Morgan fingerprint density at radius 1 is 1.03 bits per heavy atom. The van der Waals surface area contributed by atoms with Crippen molar-refractivity contribution < 1.29 is 14.3 Å². The fourth-order valence-corrected chi connectivity index (χ4v) is 5.86. The third-order valence-corrected chi connectivity index (χ3v) is 7.78. The van der Waals surface area contributed by atoms with Crippen molar-refractivity contribution in [3.05, 3.63) is 78.2 Å². The lowest BCUT2D eigenvalue weighted by molar-refractivity contribution is -0.131. The summed E-state index contributed by atoms with van der Waals surface area (Å²) in [5.74, 6) is 0.652. The van der Waals surface area contributed by atoms with Crippen LogP contribution >= 0.6 is 0 Å². The smallest absolute Gasteiger partial charge is 0.407 e. The van der Waals surface area contributed by atoms with E-state index in [2.05, 4.69) is 67.4 Å². The second kappa shape index (κ2) is 10.8. The number of likely N-dealkylation sites (tertiary alicyclic amines) is 1. The number of nitrogens with one attached hydrogen (secondary N) is 2. The molecule has 2 amide bonds. The molecule has 0 bridgehead atoms. The number of pyridine rings is 1. The number of hydrogen-bond donors (Lipinski definition) is 2. The lowest BCUT2D eigenvalue weighted by Crippen LogP contribution is -2.40. The van der Waals surface area contributed by atoms with E-state index >= 15 is 0 Å².